The number of aryl methyl sites for hydroxylation is 2. The maximum atomic E-state index is 6.23. The third-order valence-electron chi connectivity index (χ3n) is 2.87. The van der Waals surface area contributed by atoms with Gasteiger partial charge in [-0.15, -0.1) is 0 Å². The van der Waals surface area contributed by atoms with Gasteiger partial charge in [-0.25, -0.2) is 0 Å². The van der Waals surface area contributed by atoms with Crippen molar-refractivity contribution in [3.05, 3.63) is 77.4 Å². The van der Waals surface area contributed by atoms with E-state index in [0.717, 1.165) is 16.7 Å². The van der Waals surface area contributed by atoms with Crippen LogP contribution in [0.3, 0.4) is 0 Å². The zero-order valence-corrected chi connectivity index (χ0v) is 9.70. The van der Waals surface area contributed by atoms with E-state index >= 15 is 0 Å². The van der Waals surface area contributed by atoms with Crippen molar-refractivity contribution in [1.82, 2.24) is 0 Å². The van der Waals surface area contributed by atoms with Gasteiger partial charge in [0.2, 0.25) is 0 Å². The van der Waals surface area contributed by atoms with Crippen LogP contribution < -0.4 is 0 Å². The molecule has 2 aromatic carbocycles. The molecular formula is C16H15. The molecule has 16 heavy (non-hydrogen) atoms. The zero-order chi connectivity index (χ0) is 11.5. The zero-order valence-electron chi connectivity index (χ0n) is 9.70. The third kappa shape index (κ3) is 1.92. The van der Waals surface area contributed by atoms with Gasteiger partial charge in [-0.2, -0.15) is 0 Å². The molecule has 0 bridgehead atoms. The molecule has 0 saturated carbocycles. The molecule has 0 unspecified atom stereocenters. The van der Waals surface area contributed by atoms with Gasteiger partial charge in [-0.1, -0.05) is 55.1 Å². The van der Waals surface area contributed by atoms with E-state index in [0.29, 0.717) is 0 Å². The molecule has 0 fully saturated rings. The number of rotatable bonds is 2. The van der Waals surface area contributed by atoms with Gasteiger partial charge in [0.1, 0.15) is 0 Å². The first-order valence-electron chi connectivity index (χ1n) is 5.44. The second-order valence-electron chi connectivity index (χ2n) is 4.04. The van der Waals surface area contributed by atoms with Gasteiger partial charge in [0.05, 0.1) is 0 Å². The van der Waals surface area contributed by atoms with Crippen molar-refractivity contribution in [1.29, 1.82) is 0 Å². The highest BCUT2D eigenvalue weighted by Crippen LogP contribution is 2.26. The van der Waals surface area contributed by atoms with Crippen molar-refractivity contribution in [2.45, 2.75) is 13.8 Å². The van der Waals surface area contributed by atoms with E-state index < -0.39 is 0 Å². The Morgan fingerprint density at radius 3 is 1.50 bits per heavy atom. The number of hydrogen-bond acceptors (Lipinski definition) is 0. The quantitative estimate of drug-likeness (QED) is 0.693. The lowest BCUT2D eigenvalue weighted by Gasteiger charge is -2.11. The Morgan fingerprint density at radius 1 is 0.750 bits per heavy atom. The molecule has 0 N–H and O–H groups in total. The van der Waals surface area contributed by atoms with E-state index in [2.05, 4.69) is 38.1 Å². The second-order valence-corrected chi connectivity index (χ2v) is 4.04. The van der Waals surface area contributed by atoms with Gasteiger partial charge in [-0.3, -0.25) is 0 Å². The van der Waals surface area contributed by atoms with E-state index in [-0.39, 0.29) is 0 Å². The molecule has 0 aromatic heterocycles. The summed E-state index contributed by atoms with van der Waals surface area (Å²) in [7, 11) is 0. The Balaban J connectivity index is 2.48. The highest BCUT2D eigenvalue weighted by molar-refractivity contribution is 5.80. The summed E-state index contributed by atoms with van der Waals surface area (Å²) in [6, 6.07) is 16.4. The fraction of sp³-hybridized carbons (Fsp3) is 0.125. The molecule has 0 amide bonds. The summed E-state index contributed by atoms with van der Waals surface area (Å²) in [5.41, 5.74) is 5.52. The minimum atomic E-state index is 0.858. The van der Waals surface area contributed by atoms with Crippen LogP contribution in [0.4, 0.5) is 0 Å². The smallest absolute Gasteiger partial charge is 0.0106 e. The Hall–Kier alpha value is -1.82. The fourth-order valence-electron chi connectivity index (χ4n) is 1.90. The van der Waals surface area contributed by atoms with Crippen LogP contribution in [0.1, 0.15) is 22.3 Å². The lowest BCUT2D eigenvalue weighted by atomic mass is 9.93. The Bertz CT molecular complexity index is 474. The second kappa shape index (κ2) is 4.36. The van der Waals surface area contributed by atoms with E-state index in [9.17, 15) is 0 Å². The van der Waals surface area contributed by atoms with Gasteiger partial charge < -0.3 is 0 Å². The first-order valence-corrected chi connectivity index (χ1v) is 5.44. The fourth-order valence-corrected chi connectivity index (χ4v) is 1.90. The van der Waals surface area contributed by atoms with Crippen LogP contribution in [-0.2, 0) is 0 Å². The minimum Gasteiger partial charge on any atom is -0.0620 e. The summed E-state index contributed by atoms with van der Waals surface area (Å²) in [4.78, 5) is 0. The summed E-state index contributed by atoms with van der Waals surface area (Å²) in [5.74, 6) is 0. The molecule has 0 saturated heterocycles. The molecule has 0 aliphatic rings. The van der Waals surface area contributed by atoms with Crippen LogP contribution in [0.5, 0.6) is 0 Å². The Kier molecular flexibility index (Phi) is 2.91. The molecule has 0 aliphatic carbocycles. The molecular weight excluding hydrogens is 192 g/mol. The van der Waals surface area contributed by atoms with E-state index in [1.54, 1.807) is 0 Å². The van der Waals surface area contributed by atoms with Gasteiger partial charge in [0.25, 0.3) is 0 Å². The van der Waals surface area contributed by atoms with Gasteiger partial charge in [0.15, 0.2) is 0 Å². The van der Waals surface area contributed by atoms with Crippen LogP contribution in [-0.4, -0.2) is 0 Å². The molecule has 2 aromatic rings. The summed E-state index contributed by atoms with van der Waals surface area (Å²) in [6.07, 6.45) is 0. The molecule has 0 nitrogen and oxygen atoms in total. The van der Waals surface area contributed by atoms with Crippen LogP contribution in [0.25, 0.3) is 5.57 Å². The van der Waals surface area contributed by atoms with Gasteiger partial charge >= 0.3 is 0 Å². The van der Waals surface area contributed by atoms with E-state index in [4.69, 9.17) is 6.58 Å². The topological polar surface area (TPSA) is 0 Å². The Labute approximate surface area is 97.3 Å². The molecule has 0 heteroatoms. The standard InChI is InChI=1S/C16H15/c1-12-8-4-6-10-15(12)14(3)16-11-7-5-9-13(16)2/h3-11H,1-2H3. The number of hydrogen-bond donors (Lipinski definition) is 0. The van der Waals surface area contributed by atoms with Gasteiger partial charge in [-0.05, 0) is 41.7 Å². The third-order valence-corrected chi connectivity index (χ3v) is 2.87. The first-order chi connectivity index (χ1) is 7.70. The predicted molar refractivity (Wildman–Crippen MR) is 69.2 cm³/mol. The van der Waals surface area contributed by atoms with Crippen molar-refractivity contribution >= 4 is 5.57 Å². The molecule has 2 rings (SSSR count). The molecule has 1 radical (unpaired) electrons. The maximum Gasteiger partial charge on any atom is -0.0106 e. The average Bonchev–Trinajstić information content (AvgIpc) is 2.29. The molecule has 0 heterocycles. The maximum absolute atomic E-state index is 6.23. The van der Waals surface area contributed by atoms with Gasteiger partial charge in [0, 0.05) is 0 Å². The lowest BCUT2D eigenvalue weighted by Crippen LogP contribution is -1.92. The van der Waals surface area contributed by atoms with Crippen molar-refractivity contribution in [3.8, 4) is 0 Å². The summed E-state index contributed by atoms with van der Waals surface area (Å²) >= 11 is 0. The highest BCUT2D eigenvalue weighted by atomic mass is 14.1. The predicted octanol–water partition coefficient (Wildman–Crippen LogP) is 4.17. The van der Waals surface area contributed by atoms with Crippen molar-refractivity contribution in [2.24, 2.45) is 0 Å². The SMILES string of the molecule is [CH]=C(c1ccccc1C)c1ccccc1C. The Morgan fingerprint density at radius 2 is 1.12 bits per heavy atom. The van der Waals surface area contributed by atoms with Crippen LogP contribution >= 0.6 is 0 Å². The largest absolute Gasteiger partial charge is 0.0620 e. The highest BCUT2D eigenvalue weighted by Gasteiger charge is 2.06. The lowest BCUT2D eigenvalue weighted by molar-refractivity contribution is 1.38. The van der Waals surface area contributed by atoms with E-state index in [1.165, 1.54) is 11.1 Å². The summed E-state index contributed by atoms with van der Waals surface area (Å²) in [5, 5.41) is 0. The molecule has 0 aliphatic heterocycles. The van der Waals surface area contributed by atoms with E-state index in [1.807, 2.05) is 24.3 Å². The molecule has 0 atom stereocenters. The monoisotopic (exact) mass is 207 g/mol. The number of benzene rings is 2. The van der Waals surface area contributed by atoms with Crippen LogP contribution in [0.2, 0.25) is 0 Å². The summed E-state index contributed by atoms with van der Waals surface area (Å²) < 4.78 is 0. The van der Waals surface area contributed by atoms with Crippen molar-refractivity contribution in [2.75, 3.05) is 0 Å². The molecule has 79 valence electrons. The molecule has 0 spiro atoms. The van der Waals surface area contributed by atoms with Crippen molar-refractivity contribution in [3.63, 3.8) is 0 Å². The average molecular weight is 207 g/mol. The first kappa shape index (κ1) is 10.7. The summed E-state index contributed by atoms with van der Waals surface area (Å²) in [6.45, 7) is 10.4. The van der Waals surface area contributed by atoms with Crippen molar-refractivity contribution < 1.29 is 0 Å². The normalized spacial score (nSPS) is 10.1. The van der Waals surface area contributed by atoms with Crippen LogP contribution in [0.15, 0.2) is 48.5 Å². The van der Waals surface area contributed by atoms with Crippen LogP contribution in [0, 0.1) is 20.4 Å². The minimum absolute atomic E-state index is 0.858.